The number of aromatic hydroxyl groups is 1. The van der Waals surface area contributed by atoms with Gasteiger partial charge in [-0.15, -0.1) is 0 Å². The van der Waals surface area contributed by atoms with Crippen molar-refractivity contribution in [3.8, 4) is 17.2 Å². The number of phenolic OH excluding ortho intramolecular Hbond substituents is 1. The van der Waals surface area contributed by atoms with Gasteiger partial charge in [-0.1, -0.05) is 29.8 Å². The number of rotatable bonds is 6. The Balaban J connectivity index is 1.56. The minimum absolute atomic E-state index is 0.0571. The zero-order valence-corrected chi connectivity index (χ0v) is 15.9. The van der Waals surface area contributed by atoms with Gasteiger partial charge in [-0.3, -0.25) is 9.80 Å². The molecule has 1 N–H and O–H groups in total. The highest BCUT2D eigenvalue weighted by molar-refractivity contribution is 5.52. The van der Waals surface area contributed by atoms with Gasteiger partial charge < -0.3 is 14.6 Å². The third-order valence-corrected chi connectivity index (χ3v) is 4.94. The van der Waals surface area contributed by atoms with Gasteiger partial charge in [-0.05, 0) is 30.2 Å². The standard InChI is InChI=1S/C21H28N2O3/c1-16-4-6-17(7-5-16)14-22-8-10-23(11-9-22)15-18-12-19(25-2)21(24)20(13-18)26-3/h4-7,12-13,24H,8-11,14-15H2,1-3H3. The van der Waals surface area contributed by atoms with Gasteiger partial charge >= 0.3 is 0 Å². The molecule has 5 nitrogen and oxygen atoms in total. The zero-order valence-electron chi connectivity index (χ0n) is 15.9. The summed E-state index contributed by atoms with van der Waals surface area (Å²) in [5.41, 5.74) is 3.76. The lowest BCUT2D eigenvalue weighted by atomic mass is 10.1. The fraction of sp³-hybridized carbons (Fsp3) is 0.429. The molecular weight excluding hydrogens is 328 g/mol. The van der Waals surface area contributed by atoms with Crippen LogP contribution in [0.2, 0.25) is 0 Å². The number of aryl methyl sites for hydroxylation is 1. The average Bonchev–Trinajstić information content (AvgIpc) is 2.66. The van der Waals surface area contributed by atoms with Crippen molar-refractivity contribution >= 4 is 0 Å². The molecule has 2 aromatic rings. The molecule has 1 fully saturated rings. The molecule has 0 aromatic heterocycles. The first-order valence-electron chi connectivity index (χ1n) is 9.03. The molecule has 0 unspecified atom stereocenters. The molecule has 26 heavy (non-hydrogen) atoms. The molecule has 0 aliphatic carbocycles. The van der Waals surface area contributed by atoms with E-state index in [1.54, 1.807) is 14.2 Å². The summed E-state index contributed by atoms with van der Waals surface area (Å²) >= 11 is 0. The first kappa shape index (κ1) is 18.5. The monoisotopic (exact) mass is 356 g/mol. The SMILES string of the molecule is COc1cc(CN2CCN(Cc3ccc(C)cc3)CC2)cc(OC)c1O. The first-order chi connectivity index (χ1) is 12.6. The van der Waals surface area contributed by atoms with E-state index >= 15 is 0 Å². The van der Waals surface area contributed by atoms with Crippen molar-refractivity contribution in [2.24, 2.45) is 0 Å². The minimum Gasteiger partial charge on any atom is -0.502 e. The molecule has 2 aromatic carbocycles. The summed E-state index contributed by atoms with van der Waals surface area (Å²) in [4.78, 5) is 4.93. The van der Waals surface area contributed by atoms with Crippen LogP contribution in [-0.4, -0.2) is 55.3 Å². The topological polar surface area (TPSA) is 45.2 Å². The maximum Gasteiger partial charge on any atom is 0.200 e. The largest absolute Gasteiger partial charge is 0.502 e. The first-order valence-corrected chi connectivity index (χ1v) is 9.03. The third-order valence-electron chi connectivity index (χ3n) is 4.94. The van der Waals surface area contributed by atoms with E-state index in [0.717, 1.165) is 44.8 Å². The van der Waals surface area contributed by atoms with Crippen LogP contribution in [-0.2, 0) is 13.1 Å². The second kappa shape index (κ2) is 8.43. The van der Waals surface area contributed by atoms with Crippen LogP contribution in [0.3, 0.4) is 0 Å². The number of nitrogens with zero attached hydrogens (tertiary/aromatic N) is 2. The lowest BCUT2D eigenvalue weighted by Crippen LogP contribution is -2.45. The van der Waals surface area contributed by atoms with Gasteiger partial charge in [0.15, 0.2) is 11.5 Å². The van der Waals surface area contributed by atoms with E-state index in [-0.39, 0.29) is 5.75 Å². The van der Waals surface area contributed by atoms with Gasteiger partial charge in [0, 0.05) is 39.3 Å². The van der Waals surface area contributed by atoms with E-state index in [2.05, 4.69) is 41.0 Å². The van der Waals surface area contributed by atoms with Crippen molar-refractivity contribution in [3.05, 3.63) is 53.1 Å². The maximum atomic E-state index is 10.0. The summed E-state index contributed by atoms with van der Waals surface area (Å²) in [5.74, 6) is 0.969. The molecule has 0 atom stereocenters. The average molecular weight is 356 g/mol. The lowest BCUT2D eigenvalue weighted by molar-refractivity contribution is 0.122. The van der Waals surface area contributed by atoms with Crippen LogP contribution in [0.4, 0.5) is 0 Å². The van der Waals surface area contributed by atoms with E-state index < -0.39 is 0 Å². The number of ether oxygens (including phenoxy) is 2. The van der Waals surface area contributed by atoms with E-state index in [1.165, 1.54) is 11.1 Å². The molecule has 1 aliphatic rings. The van der Waals surface area contributed by atoms with Gasteiger partial charge in [0.1, 0.15) is 0 Å². The van der Waals surface area contributed by atoms with Crippen molar-refractivity contribution in [1.82, 2.24) is 9.80 Å². The molecule has 0 radical (unpaired) electrons. The van der Waals surface area contributed by atoms with Crippen LogP contribution in [0.15, 0.2) is 36.4 Å². The van der Waals surface area contributed by atoms with Gasteiger partial charge in [0.2, 0.25) is 5.75 Å². The predicted molar refractivity (Wildman–Crippen MR) is 103 cm³/mol. The summed E-state index contributed by atoms with van der Waals surface area (Å²) in [5, 5.41) is 10.0. The zero-order chi connectivity index (χ0) is 18.5. The van der Waals surface area contributed by atoms with Crippen molar-refractivity contribution in [2.45, 2.75) is 20.0 Å². The second-order valence-electron chi connectivity index (χ2n) is 6.89. The molecule has 0 bridgehead atoms. The lowest BCUT2D eigenvalue weighted by Gasteiger charge is -2.34. The van der Waals surface area contributed by atoms with E-state index in [0.29, 0.717) is 11.5 Å². The molecule has 0 spiro atoms. The Labute approximate surface area is 155 Å². The third kappa shape index (κ3) is 4.48. The summed E-state index contributed by atoms with van der Waals surface area (Å²) in [6.45, 7) is 8.12. The van der Waals surface area contributed by atoms with Crippen LogP contribution in [0.25, 0.3) is 0 Å². The highest BCUT2D eigenvalue weighted by atomic mass is 16.5. The molecule has 0 amide bonds. The fourth-order valence-electron chi connectivity index (χ4n) is 3.35. The summed E-state index contributed by atoms with van der Waals surface area (Å²) in [7, 11) is 3.12. The number of hydrogen-bond acceptors (Lipinski definition) is 5. The Hall–Kier alpha value is -2.24. The van der Waals surface area contributed by atoms with Gasteiger partial charge in [0.25, 0.3) is 0 Å². The maximum absolute atomic E-state index is 10.0. The smallest absolute Gasteiger partial charge is 0.200 e. The quantitative estimate of drug-likeness (QED) is 0.862. The Morgan fingerprint density at radius 2 is 1.27 bits per heavy atom. The number of piperazine rings is 1. The Morgan fingerprint density at radius 1 is 0.808 bits per heavy atom. The molecular formula is C21H28N2O3. The van der Waals surface area contributed by atoms with Crippen LogP contribution in [0, 0.1) is 6.92 Å². The van der Waals surface area contributed by atoms with Crippen molar-refractivity contribution < 1.29 is 14.6 Å². The highest BCUT2D eigenvalue weighted by Crippen LogP contribution is 2.37. The van der Waals surface area contributed by atoms with Gasteiger partial charge in [-0.25, -0.2) is 0 Å². The molecule has 140 valence electrons. The highest BCUT2D eigenvalue weighted by Gasteiger charge is 2.19. The van der Waals surface area contributed by atoms with Crippen molar-refractivity contribution in [2.75, 3.05) is 40.4 Å². The summed E-state index contributed by atoms with van der Waals surface area (Å²) in [6, 6.07) is 12.6. The Bertz CT molecular complexity index is 698. The number of hydrogen-bond donors (Lipinski definition) is 1. The summed E-state index contributed by atoms with van der Waals surface area (Å²) in [6.07, 6.45) is 0. The molecule has 0 saturated carbocycles. The molecule has 3 rings (SSSR count). The molecule has 1 saturated heterocycles. The van der Waals surface area contributed by atoms with Crippen LogP contribution >= 0.6 is 0 Å². The minimum atomic E-state index is 0.0571. The van der Waals surface area contributed by atoms with Crippen LogP contribution in [0.1, 0.15) is 16.7 Å². The van der Waals surface area contributed by atoms with E-state index in [4.69, 9.17) is 9.47 Å². The van der Waals surface area contributed by atoms with E-state index in [1.807, 2.05) is 12.1 Å². The number of methoxy groups -OCH3 is 2. The van der Waals surface area contributed by atoms with Crippen molar-refractivity contribution in [1.29, 1.82) is 0 Å². The summed E-state index contributed by atoms with van der Waals surface area (Å²) < 4.78 is 10.5. The second-order valence-corrected chi connectivity index (χ2v) is 6.89. The molecule has 5 heteroatoms. The predicted octanol–water partition coefficient (Wildman–Crippen LogP) is 3.04. The van der Waals surface area contributed by atoms with E-state index in [9.17, 15) is 5.11 Å². The fourth-order valence-corrected chi connectivity index (χ4v) is 3.35. The van der Waals surface area contributed by atoms with Crippen LogP contribution < -0.4 is 9.47 Å². The normalized spacial score (nSPS) is 15.8. The Kier molecular flexibility index (Phi) is 6.01. The van der Waals surface area contributed by atoms with Gasteiger partial charge in [0.05, 0.1) is 14.2 Å². The Morgan fingerprint density at radius 3 is 1.73 bits per heavy atom. The van der Waals surface area contributed by atoms with Crippen molar-refractivity contribution in [3.63, 3.8) is 0 Å². The molecule has 1 heterocycles. The molecule has 1 aliphatic heterocycles. The van der Waals surface area contributed by atoms with Crippen LogP contribution in [0.5, 0.6) is 17.2 Å². The number of phenols is 1. The number of benzene rings is 2. The van der Waals surface area contributed by atoms with Gasteiger partial charge in [-0.2, -0.15) is 0 Å².